The first-order chi connectivity index (χ1) is 11.6. The molecule has 1 saturated carbocycles. The number of rotatable bonds is 4. The van der Waals surface area contributed by atoms with E-state index in [0.717, 1.165) is 25.7 Å². The summed E-state index contributed by atoms with van der Waals surface area (Å²) < 4.78 is 0. The molecule has 24 heavy (non-hydrogen) atoms. The van der Waals surface area contributed by atoms with E-state index < -0.39 is 0 Å². The Morgan fingerprint density at radius 1 is 1.08 bits per heavy atom. The summed E-state index contributed by atoms with van der Waals surface area (Å²) in [5.74, 6) is -0.399. The van der Waals surface area contributed by atoms with E-state index in [2.05, 4.69) is 15.6 Å². The van der Waals surface area contributed by atoms with Crippen molar-refractivity contribution >= 4 is 28.8 Å². The van der Waals surface area contributed by atoms with Gasteiger partial charge in [-0.05, 0) is 49.3 Å². The topological polar surface area (TPSA) is 97.1 Å². The second-order valence-electron chi connectivity index (χ2n) is 5.94. The zero-order valence-corrected chi connectivity index (χ0v) is 14.0. The first kappa shape index (κ1) is 16.6. The molecule has 0 radical (unpaired) electrons. The summed E-state index contributed by atoms with van der Waals surface area (Å²) in [4.78, 5) is 29.1. The third-order valence-corrected chi connectivity index (χ3v) is 5.08. The molecule has 0 unspecified atom stereocenters. The highest BCUT2D eigenvalue weighted by Gasteiger charge is 2.22. The van der Waals surface area contributed by atoms with Crippen LogP contribution >= 0.6 is 11.3 Å². The molecule has 0 bridgehead atoms. The number of hydrogen-bond acceptors (Lipinski definition) is 5. The van der Waals surface area contributed by atoms with Gasteiger partial charge in [-0.15, -0.1) is 11.3 Å². The van der Waals surface area contributed by atoms with Crippen LogP contribution < -0.4 is 16.4 Å². The summed E-state index contributed by atoms with van der Waals surface area (Å²) in [5, 5.41) is 7.64. The Morgan fingerprint density at radius 3 is 2.50 bits per heavy atom. The van der Waals surface area contributed by atoms with Gasteiger partial charge in [-0.1, -0.05) is 0 Å². The van der Waals surface area contributed by atoms with E-state index in [1.807, 2.05) is 0 Å². The van der Waals surface area contributed by atoms with Crippen LogP contribution in [0, 0.1) is 0 Å². The van der Waals surface area contributed by atoms with Crippen molar-refractivity contribution in [3.63, 3.8) is 0 Å². The van der Waals surface area contributed by atoms with Crippen molar-refractivity contribution in [2.45, 2.75) is 37.8 Å². The average molecular weight is 344 g/mol. The summed E-state index contributed by atoms with van der Waals surface area (Å²) in [6.07, 6.45) is 6.78. The molecule has 1 aliphatic carbocycles. The summed E-state index contributed by atoms with van der Waals surface area (Å²) in [5.41, 5.74) is 6.93. The van der Waals surface area contributed by atoms with Crippen LogP contribution in [0.1, 0.15) is 45.7 Å². The van der Waals surface area contributed by atoms with Gasteiger partial charge in [-0.2, -0.15) is 0 Å². The lowest BCUT2D eigenvalue weighted by Crippen LogP contribution is -2.40. The van der Waals surface area contributed by atoms with E-state index in [-0.39, 0.29) is 23.9 Å². The maximum atomic E-state index is 12.5. The van der Waals surface area contributed by atoms with Gasteiger partial charge in [0.15, 0.2) is 0 Å². The molecule has 0 saturated heterocycles. The van der Waals surface area contributed by atoms with Gasteiger partial charge >= 0.3 is 0 Å². The maximum Gasteiger partial charge on any atom is 0.263 e. The van der Waals surface area contributed by atoms with Gasteiger partial charge in [-0.3, -0.25) is 14.6 Å². The van der Waals surface area contributed by atoms with Gasteiger partial charge in [0.1, 0.15) is 4.88 Å². The zero-order chi connectivity index (χ0) is 16.9. The number of anilines is 1. The number of nitrogens with one attached hydrogen (secondary N) is 2. The summed E-state index contributed by atoms with van der Waals surface area (Å²) in [7, 11) is 0. The smallest absolute Gasteiger partial charge is 0.263 e. The van der Waals surface area contributed by atoms with E-state index >= 15 is 0 Å². The molecule has 126 valence electrons. The average Bonchev–Trinajstić information content (AvgIpc) is 3.06. The number of carbonyl (C=O) groups is 2. The number of amides is 2. The van der Waals surface area contributed by atoms with Crippen molar-refractivity contribution in [2.75, 3.05) is 5.32 Å². The second kappa shape index (κ2) is 7.55. The van der Waals surface area contributed by atoms with Gasteiger partial charge < -0.3 is 16.4 Å². The van der Waals surface area contributed by atoms with Gasteiger partial charge in [0.05, 0.1) is 5.69 Å². The van der Waals surface area contributed by atoms with E-state index in [0.29, 0.717) is 16.1 Å². The largest absolute Gasteiger partial charge is 0.349 e. The van der Waals surface area contributed by atoms with Crippen LogP contribution in [0.25, 0.3) is 0 Å². The van der Waals surface area contributed by atoms with Gasteiger partial charge in [0.2, 0.25) is 0 Å². The Labute approximate surface area is 144 Å². The molecule has 0 atom stereocenters. The molecule has 0 spiro atoms. The lowest BCUT2D eigenvalue weighted by Gasteiger charge is -2.26. The number of hydrogen-bond donors (Lipinski definition) is 3. The lowest BCUT2D eigenvalue weighted by atomic mass is 9.92. The van der Waals surface area contributed by atoms with E-state index in [9.17, 15) is 9.59 Å². The molecule has 1 aliphatic rings. The first-order valence-corrected chi connectivity index (χ1v) is 8.87. The van der Waals surface area contributed by atoms with Gasteiger partial charge in [-0.25, -0.2) is 0 Å². The summed E-state index contributed by atoms with van der Waals surface area (Å²) in [6, 6.07) is 5.41. The van der Waals surface area contributed by atoms with Crippen molar-refractivity contribution in [2.24, 2.45) is 5.73 Å². The van der Waals surface area contributed by atoms with Crippen LogP contribution in [0.5, 0.6) is 0 Å². The van der Waals surface area contributed by atoms with Crippen molar-refractivity contribution < 1.29 is 9.59 Å². The first-order valence-electron chi connectivity index (χ1n) is 7.99. The monoisotopic (exact) mass is 344 g/mol. The number of aromatic nitrogens is 1. The van der Waals surface area contributed by atoms with Gasteiger partial charge in [0.25, 0.3) is 11.8 Å². The summed E-state index contributed by atoms with van der Waals surface area (Å²) in [6.45, 7) is 0. The van der Waals surface area contributed by atoms with Crippen LogP contribution in [0.3, 0.4) is 0 Å². The quantitative estimate of drug-likeness (QED) is 0.793. The highest BCUT2D eigenvalue weighted by Crippen LogP contribution is 2.24. The molecule has 2 aromatic heterocycles. The number of pyridine rings is 1. The Balaban J connectivity index is 1.64. The van der Waals surface area contributed by atoms with Crippen molar-refractivity contribution in [3.05, 3.63) is 46.4 Å². The molecular formula is C17H20N4O2S. The normalized spacial score (nSPS) is 20.4. The zero-order valence-electron chi connectivity index (χ0n) is 13.2. The van der Waals surface area contributed by atoms with Crippen LogP contribution in [0.15, 0.2) is 36.0 Å². The fraction of sp³-hybridized carbons (Fsp3) is 0.353. The van der Waals surface area contributed by atoms with Crippen LogP contribution in [-0.4, -0.2) is 28.9 Å². The van der Waals surface area contributed by atoms with Crippen molar-refractivity contribution in [3.8, 4) is 0 Å². The minimum atomic E-state index is -0.256. The molecular weight excluding hydrogens is 324 g/mol. The number of nitrogens with zero attached hydrogens (tertiary/aromatic N) is 1. The fourth-order valence-electron chi connectivity index (χ4n) is 2.80. The number of nitrogens with two attached hydrogens (primary N) is 1. The molecule has 2 heterocycles. The standard InChI is InChI=1S/C17H20N4O2S/c18-12-1-3-13(4-2-12)20-17(23)15-14(7-10-24-15)21-16(22)11-5-8-19-9-6-11/h5-10,12-13H,1-4,18H2,(H,20,23)(H,21,22). The number of carbonyl (C=O) groups excluding carboxylic acids is 2. The van der Waals surface area contributed by atoms with Crippen LogP contribution in [0.4, 0.5) is 5.69 Å². The molecule has 0 aromatic carbocycles. The Bertz CT molecular complexity index is 708. The minimum Gasteiger partial charge on any atom is -0.349 e. The molecule has 4 N–H and O–H groups in total. The lowest BCUT2D eigenvalue weighted by molar-refractivity contribution is 0.0931. The number of thiophene rings is 1. The second-order valence-corrected chi connectivity index (χ2v) is 6.85. The summed E-state index contributed by atoms with van der Waals surface area (Å²) >= 11 is 1.32. The highest BCUT2D eigenvalue weighted by atomic mass is 32.1. The molecule has 2 amide bonds. The third-order valence-electron chi connectivity index (χ3n) is 4.17. The molecule has 1 fully saturated rings. The molecule has 3 rings (SSSR count). The van der Waals surface area contributed by atoms with Crippen molar-refractivity contribution in [1.29, 1.82) is 0 Å². The van der Waals surface area contributed by atoms with Crippen LogP contribution in [-0.2, 0) is 0 Å². The Kier molecular flexibility index (Phi) is 5.22. The molecule has 6 nitrogen and oxygen atoms in total. The maximum absolute atomic E-state index is 12.5. The highest BCUT2D eigenvalue weighted by molar-refractivity contribution is 7.12. The van der Waals surface area contributed by atoms with Gasteiger partial charge in [0, 0.05) is 30.0 Å². The Hall–Kier alpha value is -2.25. The fourth-order valence-corrected chi connectivity index (χ4v) is 3.55. The molecule has 7 heteroatoms. The predicted molar refractivity (Wildman–Crippen MR) is 94.2 cm³/mol. The van der Waals surface area contributed by atoms with E-state index in [4.69, 9.17) is 5.73 Å². The van der Waals surface area contributed by atoms with Crippen LogP contribution in [0.2, 0.25) is 0 Å². The molecule has 0 aliphatic heterocycles. The third kappa shape index (κ3) is 3.98. The van der Waals surface area contributed by atoms with E-state index in [1.165, 1.54) is 11.3 Å². The Morgan fingerprint density at radius 2 is 1.79 bits per heavy atom. The SMILES string of the molecule is NC1CCC(NC(=O)c2sccc2NC(=O)c2ccncc2)CC1. The molecule has 2 aromatic rings. The van der Waals surface area contributed by atoms with Crippen molar-refractivity contribution in [1.82, 2.24) is 10.3 Å². The van der Waals surface area contributed by atoms with E-state index in [1.54, 1.807) is 36.0 Å². The minimum absolute atomic E-state index is 0.143. The predicted octanol–water partition coefficient (Wildman–Crippen LogP) is 2.40.